The second-order valence-corrected chi connectivity index (χ2v) is 7.99. The van der Waals surface area contributed by atoms with E-state index in [1.165, 1.54) is 0 Å². The van der Waals surface area contributed by atoms with Gasteiger partial charge in [-0.15, -0.1) is 0 Å². The highest BCUT2D eigenvalue weighted by Crippen LogP contribution is 2.29. The Morgan fingerprint density at radius 1 is 1.33 bits per heavy atom. The first-order chi connectivity index (χ1) is 12.8. The van der Waals surface area contributed by atoms with Gasteiger partial charge in [-0.2, -0.15) is 0 Å². The van der Waals surface area contributed by atoms with E-state index < -0.39 is 6.04 Å². The second-order valence-electron chi connectivity index (χ2n) is 7.17. The summed E-state index contributed by atoms with van der Waals surface area (Å²) in [7, 11) is 0. The van der Waals surface area contributed by atoms with Gasteiger partial charge in [-0.05, 0) is 37.5 Å². The molecule has 1 aliphatic heterocycles. The fourth-order valence-corrected chi connectivity index (χ4v) is 3.47. The first-order valence-electron chi connectivity index (χ1n) is 8.79. The van der Waals surface area contributed by atoms with Crippen molar-refractivity contribution >= 4 is 35.0 Å². The summed E-state index contributed by atoms with van der Waals surface area (Å²) in [6.07, 6.45) is 0.801. The first kappa shape index (κ1) is 19.7. The van der Waals surface area contributed by atoms with Gasteiger partial charge in [0.1, 0.15) is 6.04 Å². The number of carbonyl (C=O) groups is 2. The third-order valence-electron chi connectivity index (χ3n) is 4.56. The van der Waals surface area contributed by atoms with E-state index in [0.29, 0.717) is 33.8 Å². The quantitative estimate of drug-likeness (QED) is 0.826. The molecule has 8 heteroatoms. The van der Waals surface area contributed by atoms with Crippen molar-refractivity contribution in [2.45, 2.75) is 39.3 Å². The van der Waals surface area contributed by atoms with Crippen molar-refractivity contribution in [3.05, 3.63) is 40.0 Å². The van der Waals surface area contributed by atoms with Gasteiger partial charge in [0, 0.05) is 24.2 Å². The maximum atomic E-state index is 12.9. The van der Waals surface area contributed by atoms with Crippen LogP contribution in [-0.4, -0.2) is 40.5 Å². The Morgan fingerprint density at radius 2 is 2.07 bits per heavy atom. The molecule has 2 unspecified atom stereocenters. The molecule has 1 N–H and O–H groups in total. The first-order valence-corrected chi connectivity index (χ1v) is 9.55. The highest BCUT2D eigenvalue weighted by molar-refractivity contribution is 6.42. The van der Waals surface area contributed by atoms with Crippen molar-refractivity contribution in [1.82, 2.24) is 15.4 Å². The molecule has 1 aromatic heterocycles. The van der Waals surface area contributed by atoms with Crippen LogP contribution in [0, 0.1) is 5.92 Å². The van der Waals surface area contributed by atoms with Crippen molar-refractivity contribution in [1.29, 1.82) is 0 Å². The van der Waals surface area contributed by atoms with Gasteiger partial charge in [0.05, 0.1) is 10.0 Å². The molecule has 2 heterocycles. The summed E-state index contributed by atoms with van der Waals surface area (Å²) in [6, 6.07) is 5.95. The summed E-state index contributed by atoms with van der Waals surface area (Å²) >= 11 is 12.0. The van der Waals surface area contributed by atoms with Gasteiger partial charge in [-0.3, -0.25) is 9.59 Å². The molecule has 3 rings (SSSR count). The van der Waals surface area contributed by atoms with Gasteiger partial charge in [-0.1, -0.05) is 42.2 Å². The average molecular weight is 410 g/mol. The van der Waals surface area contributed by atoms with Crippen LogP contribution in [0.25, 0.3) is 11.3 Å². The lowest BCUT2D eigenvalue weighted by atomic mass is 9.99. The predicted octanol–water partition coefficient (Wildman–Crippen LogP) is 4.02. The molecule has 144 valence electrons. The Balaban J connectivity index is 1.81. The monoisotopic (exact) mass is 409 g/mol. The van der Waals surface area contributed by atoms with E-state index in [1.807, 2.05) is 0 Å². The number of halogens is 2. The Labute approximate surface area is 167 Å². The minimum atomic E-state index is -0.564. The largest absolute Gasteiger partial charge is 0.355 e. The number of piperazine rings is 1. The fourth-order valence-electron chi connectivity index (χ4n) is 3.17. The minimum absolute atomic E-state index is 0.0703. The van der Waals surface area contributed by atoms with Crippen molar-refractivity contribution in [2.24, 2.45) is 5.92 Å². The third kappa shape index (κ3) is 4.28. The average Bonchev–Trinajstić information content (AvgIpc) is 3.09. The van der Waals surface area contributed by atoms with Gasteiger partial charge in [0.15, 0.2) is 11.5 Å². The fraction of sp³-hybridized carbons (Fsp3) is 0.421. The minimum Gasteiger partial charge on any atom is -0.355 e. The summed E-state index contributed by atoms with van der Waals surface area (Å²) in [6.45, 7) is 6.31. The predicted molar refractivity (Wildman–Crippen MR) is 104 cm³/mol. The summed E-state index contributed by atoms with van der Waals surface area (Å²) in [4.78, 5) is 26.7. The Morgan fingerprint density at radius 3 is 2.74 bits per heavy atom. The van der Waals surface area contributed by atoms with Crippen molar-refractivity contribution in [3.8, 4) is 11.3 Å². The van der Waals surface area contributed by atoms with Gasteiger partial charge >= 0.3 is 0 Å². The molecule has 1 aromatic carbocycles. The van der Waals surface area contributed by atoms with E-state index >= 15 is 0 Å². The van der Waals surface area contributed by atoms with Gasteiger partial charge in [-0.25, -0.2) is 0 Å². The van der Waals surface area contributed by atoms with Crippen LogP contribution in [-0.2, 0) is 4.79 Å². The van der Waals surface area contributed by atoms with Crippen LogP contribution in [0.1, 0.15) is 37.7 Å². The molecule has 2 aromatic rings. The molecular formula is C19H21Cl2N3O3. The van der Waals surface area contributed by atoms with Crippen molar-refractivity contribution in [2.75, 3.05) is 6.54 Å². The lowest BCUT2D eigenvalue weighted by molar-refractivity contribution is -0.128. The number of nitrogens with zero attached hydrogens (tertiary/aromatic N) is 2. The van der Waals surface area contributed by atoms with E-state index in [4.69, 9.17) is 27.7 Å². The summed E-state index contributed by atoms with van der Waals surface area (Å²) in [5, 5.41) is 7.68. The molecule has 0 saturated carbocycles. The van der Waals surface area contributed by atoms with E-state index in [-0.39, 0.29) is 23.6 Å². The van der Waals surface area contributed by atoms with Crippen LogP contribution in [0.3, 0.4) is 0 Å². The van der Waals surface area contributed by atoms with Crippen molar-refractivity contribution < 1.29 is 14.1 Å². The Hall–Kier alpha value is -2.05. The Kier molecular flexibility index (Phi) is 5.77. The number of amides is 2. The highest BCUT2D eigenvalue weighted by Gasteiger charge is 2.36. The van der Waals surface area contributed by atoms with Crippen LogP contribution in [0.2, 0.25) is 10.0 Å². The zero-order valence-corrected chi connectivity index (χ0v) is 16.8. The lowest BCUT2D eigenvalue weighted by Gasteiger charge is -2.38. The molecule has 2 atom stereocenters. The number of rotatable bonds is 4. The van der Waals surface area contributed by atoms with Crippen LogP contribution in [0.4, 0.5) is 0 Å². The second kappa shape index (κ2) is 7.90. The SMILES string of the molecule is CC(C)CC1CN(C(=O)c2cc(-c3ccc(Cl)c(Cl)c3)on2)C(C)C(=O)N1. The molecule has 1 aliphatic rings. The molecule has 1 saturated heterocycles. The van der Waals surface area contributed by atoms with E-state index in [0.717, 1.165) is 6.42 Å². The molecular weight excluding hydrogens is 389 g/mol. The molecule has 27 heavy (non-hydrogen) atoms. The molecule has 0 radical (unpaired) electrons. The summed E-state index contributed by atoms with van der Waals surface area (Å²) in [5.41, 5.74) is 0.819. The summed E-state index contributed by atoms with van der Waals surface area (Å²) < 4.78 is 5.31. The van der Waals surface area contributed by atoms with Crippen molar-refractivity contribution in [3.63, 3.8) is 0 Å². The molecule has 1 fully saturated rings. The zero-order chi connectivity index (χ0) is 19.7. The molecule has 2 amide bonds. The van der Waals surface area contributed by atoms with Crippen LogP contribution in [0.5, 0.6) is 0 Å². The smallest absolute Gasteiger partial charge is 0.276 e. The molecule has 0 bridgehead atoms. The maximum Gasteiger partial charge on any atom is 0.276 e. The standard InChI is InChI=1S/C19H21Cl2N3O3/c1-10(2)6-13-9-24(11(3)18(25)22-13)19(26)16-8-17(27-23-16)12-4-5-14(20)15(21)7-12/h4-5,7-8,10-11,13H,6,9H2,1-3H3,(H,22,25). The van der Waals surface area contributed by atoms with Crippen LogP contribution >= 0.6 is 23.2 Å². The Bertz CT molecular complexity index is 866. The van der Waals surface area contributed by atoms with Gasteiger partial charge in [0.25, 0.3) is 5.91 Å². The van der Waals surface area contributed by atoms with Crippen LogP contribution < -0.4 is 5.32 Å². The van der Waals surface area contributed by atoms with E-state index in [9.17, 15) is 9.59 Å². The molecule has 0 spiro atoms. The lowest BCUT2D eigenvalue weighted by Crippen LogP contribution is -2.60. The number of nitrogens with one attached hydrogen (secondary N) is 1. The number of aromatic nitrogens is 1. The van der Waals surface area contributed by atoms with Crippen LogP contribution in [0.15, 0.2) is 28.8 Å². The van der Waals surface area contributed by atoms with Gasteiger partial charge in [0.2, 0.25) is 5.91 Å². The number of carbonyl (C=O) groups excluding carboxylic acids is 2. The maximum absolute atomic E-state index is 12.9. The van der Waals surface area contributed by atoms with Gasteiger partial charge < -0.3 is 14.7 Å². The number of benzene rings is 1. The van der Waals surface area contributed by atoms with E-state index in [1.54, 1.807) is 36.1 Å². The number of hydrogen-bond donors (Lipinski definition) is 1. The topological polar surface area (TPSA) is 75.4 Å². The normalized spacial score (nSPS) is 20.1. The van der Waals surface area contributed by atoms with E-state index in [2.05, 4.69) is 24.3 Å². The third-order valence-corrected chi connectivity index (χ3v) is 5.30. The zero-order valence-electron chi connectivity index (χ0n) is 15.3. The molecule has 0 aliphatic carbocycles. The summed E-state index contributed by atoms with van der Waals surface area (Å²) in [5.74, 6) is 0.327. The number of hydrogen-bond acceptors (Lipinski definition) is 4. The highest BCUT2D eigenvalue weighted by atomic mass is 35.5. The molecule has 6 nitrogen and oxygen atoms in total.